The van der Waals surface area contributed by atoms with Gasteiger partial charge < -0.3 is 9.64 Å². The summed E-state index contributed by atoms with van der Waals surface area (Å²) in [6.45, 7) is 0.847. The monoisotopic (exact) mass is 220 g/mol. The van der Waals surface area contributed by atoms with Crippen LogP contribution in [0.25, 0.3) is 0 Å². The molecule has 1 aliphatic heterocycles. The number of amides is 1. The predicted molar refractivity (Wildman–Crippen MR) is 60.2 cm³/mol. The van der Waals surface area contributed by atoms with Crippen molar-refractivity contribution in [3.05, 3.63) is 23.9 Å². The molecule has 0 saturated carbocycles. The fourth-order valence-electron chi connectivity index (χ4n) is 2.15. The van der Waals surface area contributed by atoms with Crippen molar-refractivity contribution in [3.63, 3.8) is 0 Å². The van der Waals surface area contributed by atoms with Gasteiger partial charge in [-0.05, 0) is 24.8 Å². The molecule has 1 saturated heterocycles. The van der Waals surface area contributed by atoms with Crippen LogP contribution in [0.3, 0.4) is 0 Å². The van der Waals surface area contributed by atoms with Gasteiger partial charge in [-0.3, -0.25) is 4.79 Å². The molecule has 0 N–H and O–H groups in total. The summed E-state index contributed by atoms with van der Waals surface area (Å²) in [6, 6.07) is 4.01. The van der Waals surface area contributed by atoms with E-state index < -0.39 is 0 Å². The number of aromatic nitrogens is 1. The van der Waals surface area contributed by atoms with Crippen molar-refractivity contribution < 1.29 is 9.53 Å². The number of methoxy groups -OCH3 is 1. The zero-order valence-electron chi connectivity index (χ0n) is 9.43. The lowest BCUT2D eigenvalue weighted by molar-refractivity contribution is -0.121. The Labute approximate surface area is 95.2 Å². The number of rotatable bonds is 3. The van der Waals surface area contributed by atoms with E-state index in [4.69, 9.17) is 4.74 Å². The number of hydrogen-bond acceptors (Lipinski definition) is 3. The highest BCUT2D eigenvalue weighted by atomic mass is 16.5. The molecule has 1 unspecified atom stereocenters. The molecule has 0 bridgehead atoms. The van der Waals surface area contributed by atoms with Crippen molar-refractivity contribution >= 4 is 6.41 Å². The molecule has 2 heterocycles. The van der Waals surface area contributed by atoms with Gasteiger partial charge in [0.2, 0.25) is 12.3 Å². The maximum Gasteiger partial charge on any atom is 0.212 e. The van der Waals surface area contributed by atoms with Crippen LogP contribution < -0.4 is 4.74 Å². The lowest BCUT2D eigenvalue weighted by Gasteiger charge is -2.32. The van der Waals surface area contributed by atoms with E-state index in [2.05, 4.69) is 4.98 Å². The van der Waals surface area contributed by atoms with Gasteiger partial charge in [0.15, 0.2) is 0 Å². The average molecular weight is 220 g/mol. The van der Waals surface area contributed by atoms with Crippen LogP contribution in [0.2, 0.25) is 0 Å². The second-order valence-corrected chi connectivity index (χ2v) is 3.99. The minimum atomic E-state index is 0.185. The quantitative estimate of drug-likeness (QED) is 0.729. The van der Waals surface area contributed by atoms with Gasteiger partial charge in [-0.1, -0.05) is 6.07 Å². The Bertz CT molecular complexity index is 351. The number of pyridine rings is 1. The highest BCUT2D eigenvalue weighted by Crippen LogP contribution is 2.29. The van der Waals surface area contributed by atoms with E-state index in [1.54, 1.807) is 13.3 Å². The van der Waals surface area contributed by atoms with Crippen molar-refractivity contribution in [2.45, 2.75) is 25.3 Å². The smallest absolute Gasteiger partial charge is 0.212 e. The molecule has 0 aromatic carbocycles. The van der Waals surface area contributed by atoms with Gasteiger partial charge >= 0.3 is 0 Å². The summed E-state index contributed by atoms with van der Waals surface area (Å²) in [5.74, 6) is 0.609. The van der Waals surface area contributed by atoms with Crippen LogP contribution in [0.1, 0.15) is 30.9 Å². The first-order valence-electron chi connectivity index (χ1n) is 5.56. The highest BCUT2D eigenvalue weighted by Gasteiger charge is 2.22. The Morgan fingerprint density at radius 1 is 1.50 bits per heavy atom. The molecule has 4 heteroatoms. The van der Waals surface area contributed by atoms with Gasteiger partial charge in [-0.2, -0.15) is 0 Å². The minimum absolute atomic E-state index is 0.185. The second-order valence-electron chi connectivity index (χ2n) is 3.99. The summed E-state index contributed by atoms with van der Waals surface area (Å²) < 4.78 is 5.02. The van der Waals surface area contributed by atoms with Gasteiger partial charge in [0, 0.05) is 18.8 Å². The summed E-state index contributed by atoms with van der Waals surface area (Å²) in [5, 5.41) is 0. The molecule has 4 nitrogen and oxygen atoms in total. The zero-order valence-corrected chi connectivity index (χ0v) is 9.43. The van der Waals surface area contributed by atoms with Crippen LogP contribution in [-0.4, -0.2) is 29.9 Å². The molecule has 1 atom stereocenters. The molecule has 1 aliphatic rings. The van der Waals surface area contributed by atoms with Crippen LogP contribution in [0.5, 0.6) is 5.88 Å². The lowest BCUT2D eigenvalue weighted by atomic mass is 9.97. The molecular weight excluding hydrogens is 204 g/mol. The molecule has 2 rings (SSSR count). The number of likely N-dealkylation sites (tertiary alicyclic amines) is 1. The number of nitrogens with zero attached hydrogens (tertiary/aromatic N) is 2. The highest BCUT2D eigenvalue weighted by molar-refractivity contribution is 5.49. The number of piperidine rings is 1. The van der Waals surface area contributed by atoms with Crippen LogP contribution in [-0.2, 0) is 4.79 Å². The van der Waals surface area contributed by atoms with Crippen molar-refractivity contribution in [1.29, 1.82) is 0 Å². The topological polar surface area (TPSA) is 42.4 Å². The predicted octanol–water partition coefficient (Wildman–Crippen LogP) is 1.77. The summed E-state index contributed by atoms with van der Waals surface area (Å²) in [7, 11) is 1.60. The average Bonchev–Trinajstić information content (AvgIpc) is 2.39. The Kier molecular flexibility index (Phi) is 3.39. The van der Waals surface area contributed by atoms with E-state index >= 15 is 0 Å². The fraction of sp³-hybridized carbons (Fsp3) is 0.500. The number of ether oxygens (including phenoxy) is 1. The minimum Gasteiger partial charge on any atom is -0.481 e. The maximum atomic E-state index is 10.9. The first-order valence-corrected chi connectivity index (χ1v) is 5.56. The first kappa shape index (κ1) is 10.9. The summed E-state index contributed by atoms with van der Waals surface area (Å²) in [5.41, 5.74) is 1.09. The normalized spacial score (nSPS) is 20.6. The fourth-order valence-corrected chi connectivity index (χ4v) is 2.15. The van der Waals surface area contributed by atoms with Gasteiger partial charge in [-0.25, -0.2) is 4.98 Å². The third-order valence-corrected chi connectivity index (χ3v) is 3.03. The van der Waals surface area contributed by atoms with Gasteiger partial charge in [0.05, 0.1) is 13.2 Å². The van der Waals surface area contributed by atoms with Crippen LogP contribution >= 0.6 is 0 Å². The number of hydrogen-bond donors (Lipinski definition) is 0. The molecule has 86 valence electrons. The maximum absolute atomic E-state index is 10.9. The zero-order chi connectivity index (χ0) is 11.4. The van der Waals surface area contributed by atoms with Crippen molar-refractivity contribution in [1.82, 2.24) is 9.88 Å². The second kappa shape index (κ2) is 4.96. The third-order valence-electron chi connectivity index (χ3n) is 3.03. The van der Waals surface area contributed by atoms with Crippen LogP contribution in [0, 0.1) is 0 Å². The van der Waals surface area contributed by atoms with Crippen molar-refractivity contribution in [2.75, 3.05) is 13.7 Å². The van der Waals surface area contributed by atoms with Crippen LogP contribution in [0.15, 0.2) is 18.3 Å². The molecular formula is C12H16N2O2. The number of carbonyl (C=O) groups is 1. The van der Waals surface area contributed by atoms with Gasteiger partial charge in [0.25, 0.3) is 0 Å². The van der Waals surface area contributed by atoms with Gasteiger partial charge in [-0.15, -0.1) is 0 Å². The molecule has 0 radical (unpaired) electrons. The van der Waals surface area contributed by atoms with Crippen LogP contribution in [0.4, 0.5) is 0 Å². The van der Waals surface area contributed by atoms with E-state index in [1.807, 2.05) is 17.0 Å². The van der Waals surface area contributed by atoms with E-state index in [9.17, 15) is 4.79 Å². The van der Waals surface area contributed by atoms with E-state index in [1.165, 1.54) is 6.42 Å². The number of carbonyl (C=O) groups excluding carboxylic acids is 1. The Morgan fingerprint density at radius 2 is 2.38 bits per heavy atom. The van der Waals surface area contributed by atoms with Crippen molar-refractivity contribution in [3.8, 4) is 5.88 Å². The molecule has 16 heavy (non-hydrogen) atoms. The van der Waals surface area contributed by atoms with E-state index in [-0.39, 0.29) is 6.04 Å². The first-order chi connectivity index (χ1) is 7.85. The standard InChI is InChI=1S/C12H16N2O2/c1-16-12-6-5-10(8-13-12)11-4-2-3-7-14(11)9-15/h5-6,8-9,11H,2-4,7H2,1H3. The molecule has 0 spiro atoms. The van der Waals surface area contributed by atoms with Gasteiger partial charge in [0.1, 0.15) is 0 Å². The summed E-state index contributed by atoms with van der Waals surface area (Å²) in [6.07, 6.45) is 6.02. The third kappa shape index (κ3) is 2.15. The van der Waals surface area contributed by atoms with E-state index in [0.29, 0.717) is 5.88 Å². The molecule has 1 aromatic heterocycles. The Balaban J connectivity index is 2.17. The Hall–Kier alpha value is -1.58. The molecule has 1 aromatic rings. The van der Waals surface area contributed by atoms with Crippen molar-refractivity contribution in [2.24, 2.45) is 0 Å². The summed E-state index contributed by atoms with van der Waals surface area (Å²) >= 11 is 0. The lowest BCUT2D eigenvalue weighted by Crippen LogP contribution is -2.32. The Morgan fingerprint density at radius 3 is 3.00 bits per heavy atom. The summed E-state index contributed by atoms with van der Waals surface area (Å²) in [4.78, 5) is 17.0. The molecule has 1 fully saturated rings. The SMILES string of the molecule is COc1ccc(C2CCCCN2C=O)cn1. The van der Waals surface area contributed by atoms with E-state index in [0.717, 1.165) is 31.4 Å². The molecule has 0 aliphatic carbocycles. The largest absolute Gasteiger partial charge is 0.481 e. The molecule has 1 amide bonds.